The van der Waals surface area contributed by atoms with Crippen LogP contribution in [0.3, 0.4) is 0 Å². The lowest BCUT2D eigenvalue weighted by molar-refractivity contribution is -0.151. The Morgan fingerprint density at radius 3 is 2.45 bits per heavy atom. The van der Waals surface area contributed by atoms with Gasteiger partial charge in [-0.25, -0.2) is 8.42 Å². The summed E-state index contributed by atoms with van der Waals surface area (Å²) in [6.45, 7) is 5.56. The highest BCUT2D eigenvalue weighted by atomic mass is 35.5. The van der Waals surface area contributed by atoms with E-state index in [1.165, 1.54) is 9.99 Å². The van der Waals surface area contributed by atoms with Crippen molar-refractivity contribution < 1.29 is 17.9 Å². The minimum Gasteiger partial charge on any atom is -0.465 e. The number of piperidine rings is 1. The lowest BCUT2D eigenvalue weighted by atomic mass is 9.95. The summed E-state index contributed by atoms with van der Waals surface area (Å²) in [6.07, 6.45) is 5.65. The average molecular weight is 557 g/mol. The second kappa shape index (κ2) is 11.6. The fourth-order valence-corrected chi connectivity index (χ4v) is 7.11. The van der Waals surface area contributed by atoms with Crippen LogP contribution in [0.25, 0.3) is 10.8 Å². The molecule has 0 bridgehead atoms. The highest BCUT2D eigenvalue weighted by Gasteiger charge is 2.39. The zero-order chi connectivity index (χ0) is 26.7. The first-order valence-corrected chi connectivity index (χ1v) is 14.9. The minimum absolute atomic E-state index is 0.0790. The quantitative estimate of drug-likeness (QED) is 0.406. The summed E-state index contributed by atoms with van der Waals surface area (Å²) >= 11 is 6.08. The molecule has 3 heterocycles. The van der Waals surface area contributed by atoms with E-state index < -0.39 is 16.1 Å². The van der Waals surface area contributed by atoms with Crippen LogP contribution in [0.4, 0.5) is 5.69 Å². The van der Waals surface area contributed by atoms with E-state index in [4.69, 9.17) is 16.3 Å². The van der Waals surface area contributed by atoms with Crippen LogP contribution in [-0.4, -0.2) is 80.5 Å². The lowest BCUT2D eigenvalue weighted by Crippen LogP contribution is -2.59. The van der Waals surface area contributed by atoms with Gasteiger partial charge in [-0.15, -0.1) is 0 Å². The zero-order valence-corrected chi connectivity index (χ0v) is 23.1. The van der Waals surface area contributed by atoms with Crippen molar-refractivity contribution in [2.24, 2.45) is 5.92 Å². The first-order valence-electron chi connectivity index (χ1n) is 13.1. The van der Waals surface area contributed by atoms with E-state index in [0.29, 0.717) is 24.0 Å². The number of ether oxygens (including phenoxy) is 1. The van der Waals surface area contributed by atoms with Gasteiger partial charge in [-0.2, -0.15) is 4.31 Å². The number of hydrogen-bond acceptors (Lipinski definition) is 7. The molecule has 3 aromatic rings. The molecule has 0 amide bonds. The summed E-state index contributed by atoms with van der Waals surface area (Å²) in [5.74, 6) is 0.0651. The first kappa shape index (κ1) is 26.9. The van der Waals surface area contributed by atoms with Crippen LogP contribution in [0.2, 0.25) is 5.02 Å². The number of anilines is 1. The summed E-state index contributed by atoms with van der Waals surface area (Å²) in [6, 6.07) is 13.8. The molecule has 1 aromatic heterocycles. The highest BCUT2D eigenvalue weighted by Crippen LogP contribution is 2.28. The molecule has 0 N–H and O–H groups in total. The zero-order valence-electron chi connectivity index (χ0n) is 21.5. The second-order valence-corrected chi connectivity index (χ2v) is 12.3. The Bertz CT molecular complexity index is 1380. The van der Waals surface area contributed by atoms with Gasteiger partial charge < -0.3 is 9.64 Å². The maximum absolute atomic E-state index is 13.6. The van der Waals surface area contributed by atoms with Gasteiger partial charge in [0.15, 0.2) is 0 Å². The summed E-state index contributed by atoms with van der Waals surface area (Å²) < 4.78 is 34.0. The number of fused-ring (bicyclic) bond motifs is 1. The molecule has 0 radical (unpaired) electrons. The molecule has 202 valence electrons. The molecule has 0 spiro atoms. The van der Waals surface area contributed by atoms with Gasteiger partial charge in [0.2, 0.25) is 10.0 Å². The normalized spacial score (nSPS) is 20.1. The number of nitrogens with zero attached hydrogens (tertiary/aromatic N) is 4. The van der Waals surface area contributed by atoms with Crippen molar-refractivity contribution in [2.75, 3.05) is 50.8 Å². The Hall–Kier alpha value is -2.72. The van der Waals surface area contributed by atoms with Crippen molar-refractivity contribution in [1.29, 1.82) is 0 Å². The van der Waals surface area contributed by atoms with Crippen LogP contribution < -0.4 is 4.90 Å². The van der Waals surface area contributed by atoms with Gasteiger partial charge in [0.1, 0.15) is 6.04 Å². The number of esters is 1. The van der Waals surface area contributed by atoms with Crippen LogP contribution in [0.1, 0.15) is 19.8 Å². The highest BCUT2D eigenvalue weighted by molar-refractivity contribution is 7.89. The summed E-state index contributed by atoms with van der Waals surface area (Å²) in [7, 11) is -3.79. The smallest absolute Gasteiger partial charge is 0.324 e. The number of halogens is 1. The number of hydrogen-bond donors (Lipinski definition) is 0. The monoisotopic (exact) mass is 556 g/mol. The standard InChI is InChI=1S/C28H33ClN4O4S/c1-2-37-28(34)27-20-33(38(35,36)26-6-4-22-17-24(29)5-3-23(22)18-26)16-15-32(27)19-21-9-13-31(14-10-21)25-7-11-30-12-8-25/h3-8,11-12,17-18,21,27H,2,9-10,13-16,19-20H2,1H3/t27-/m1/s1. The molecule has 8 nitrogen and oxygen atoms in total. The molecule has 0 saturated carbocycles. The van der Waals surface area contributed by atoms with Crippen LogP contribution >= 0.6 is 11.6 Å². The number of benzene rings is 2. The largest absolute Gasteiger partial charge is 0.465 e. The lowest BCUT2D eigenvalue weighted by Gasteiger charge is -2.42. The minimum atomic E-state index is -3.79. The van der Waals surface area contributed by atoms with E-state index in [-0.39, 0.29) is 24.0 Å². The topological polar surface area (TPSA) is 83.0 Å². The third-order valence-corrected chi connectivity index (χ3v) is 9.66. The van der Waals surface area contributed by atoms with E-state index in [0.717, 1.165) is 43.2 Å². The van der Waals surface area contributed by atoms with Crippen molar-refractivity contribution in [1.82, 2.24) is 14.2 Å². The molecule has 38 heavy (non-hydrogen) atoms. The van der Waals surface area contributed by atoms with E-state index >= 15 is 0 Å². The van der Waals surface area contributed by atoms with Gasteiger partial charge >= 0.3 is 5.97 Å². The molecule has 2 fully saturated rings. The molecular formula is C28H33ClN4O4S. The van der Waals surface area contributed by atoms with E-state index in [1.807, 2.05) is 36.7 Å². The van der Waals surface area contributed by atoms with Crippen LogP contribution in [0.5, 0.6) is 0 Å². The maximum atomic E-state index is 13.6. The van der Waals surface area contributed by atoms with E-state index in [1.54, 1.807) is 31.2 Å². The van der Waals surface area contributed by atoms with Gasteiger partial charge in [0.25, 0.3) is 0 Å². The molecule has 2 aliphatic rings. The number of piperazine rings is 1. The summed E-state index contributed by atoms with van der Waals surface area (Å²) in [5.41, 5.74) is 1.18. The Kier molecular flexibility index (Phi) is 8.18. The predicted octanol–water partition coefficient (Wildman–Crippen LogP) is 4.04. The maximum Gasteiger partial charge on any atom is 0.324 e. The van der Waals surface area contributed by atoms with Gasteiger partial charge in [-0.05, 0) is 72.9 Å². The number of carbonyl (C=O) groups excluding carboxylic acids is 1. The summed E-state index contributed by atoms with van der Waals surface area (Å²) in [5, 5.41) is 2.28. The van der Waals surface area contributed by atoms with E-state index in [2.05, 4.69) is 14.8 Å². The Morgan fingerprint density at radius 1 is 1.00 bits per heavy atom. The van der Waals surface area contributed by atoms with Crippen LogP contribution in [0, 0.1) is 5.92 Å². The summed E-state index contributed by atoms with van der Waals surface area (Å²) in [4.78, 5) is 21.8. The molecule has 10 heteroatoms. The van der Waals surface area contributed by atoms with Crippen molar-refractivity contribution in [3.8, 4) is 0 Å². The molecule has 5 rings (SSSR count). The SMILES string of the molecule is CCOC(=O)[C@H]1CN(S(=O)(=O)c2ccc3cc(Cl)ccc3c2)CCN1CC1CCN(c2ccncc2)CC1. The Labute approximate surface area is 229 Å². The number of aromatic nitrogens is 1. The molecule has 0 aliphatic carbocycles. The molecule has 2 saturated heterocycles. The van der Waals surface area contributed by atoms with Gasteiger partial charge in [-0.3, -0.25) is 14.7 Å². The predicted molar refractivity (Wildman–Crippen MR) is 149 cm³/mol. The molecule has 2 aromatic carbocycles. The Morgan fingerprint density at radius 2 is 1.71 bits per heavy atom. The number of pyridine rings is 1. The van der Waals surface area contributed by atoms with Gasteiger partial charge in [0, 0.05) is 62.4 Å². The fraction of sp³-hybridized carbons (Fsp3) is 0.429. The fourth-order valence-electron chi connectivity index (χ4n) is 5.46. The average Bonchev–Trinajstić information content (AvgIpc) is 2.94. The third kappa shape index (κ3) is 5.81. The van der Waals surface area contributed by atoms with Crippen molar-refractivity contribution in [3.05, 3.63) is 65.9 Å². The van der Waals surface area contributed by atoms with E-state index in [9.17, 15) is 13.2 Å². The molecule has 0 unspecified atom stereocenters. The van der Waals surface area contributed by atoms with Gasteiger partial charge in [-0.1, -0.05) is 23.7 Å². The third-order valence-electron chi connectivity index (χ3n) is 7.56. The number of sulfonamides is 1. The number of carbonyl (C=O) groups is 1. The number of rotatable bonds is 7. The Balaban J connectivity index is 1.28. The second-order valence-electron chi connectivity index (χ2n) is 9.91. The van der Waals surface area contributed by atoms with Crippen molar-refractivity contribution in [2.45, 2.75) is 30.7 Å². The van der Waals surface area contributed by atoms with Crippen molar-refractivity contribution in [3.63, 3.8) is 0 Å². The molecule has 2 aliphatic heterocycles. The van der Waals surface area contributed by atoms with Crippen molar-refractivity contribution >= 4 is 44.1 Å². The first-order chi connectivity index (χ1) is 18.3. The molecular weight excluding hydrogens is 524 g/mol. The van der Waals surface area contributed by atoms with Crippen LogP contribution in [0.15, 0.2) is 65.8 Å². The van der Waals surface area contributed by atoms with Crippen LogP contribution in [-0.2, 0) is 19.6 Å². The van der Waals surface area contributed by atoms with Gasteiger partial charge in [0.05, 0.1) is 11.5 Å². The molecule has 1 atom stereocenters.